The molecule has 1 rings (SSSR count). The van der Waals surface area contributed by atoms with Crippen LogP contribution in [0.3, 0.4) is 0 Å². The molecule has 1 aromatic carbocycles. The molecule has 0 amide bonds. The molecule has 12 heavy (non-hydrogen) atoms. The summed E-state index contributed by atoms with van der Waals surface area (Å²) in [4.78, 5) is 0. The Kier molecular flexibility index (Phi) is 2.53. The average Bonchev–Trinajstić information content (AvgIpc) is 2.09. The van der Waals surface area contributed by atoms with Crippen LogP contribution in [-0.2, 0) is 0 Å². The highest BCUT2D eigenvalue weighted by Crippen LogP contribution is 2.01. The minimum Gasteiger partial charge on any atom is -0.177 e. The highest BCUT2D eigenvalue weighted by Gasteiger charge is 1.98. The molecule has 1 aromatic rings. The molecule has 0 radical (unpaired) electrons. The zero-order valence-electron chi connectivity index (χ0n) is 6.10. The zero-order valence-corrected chi connectivity index (χ0v) is 6.10. The first kappa shape index (κ1) is 7.90. The summed E-state index contributed by atoms with van der Waals surface area (Å²) in [5, 5.41) is 21.7. The van der Waals surface area contributed by atoms with Crippen molar-refractivity contribution < 1.29 is 10.4 Å². The summed E-state index contributed by atoms with van der Waals surface area (Å²) in [6, 6.07) is 11.3. The molecule has 0 aromatic heterocycles. The molecular weight excluding hydrogens is 156 g/mol. The zero-order chi connectivity index (χ0) is 8.81. The van der Waals surface area contributed by atoms with Gasteiger partial charge in [-0.1, -0.05) is 0 Å². The maximum Gasteiger partial charge on any atom is 0.388 e. The van der Waals surface area contributed by atoms with Crippen LogP contribution in [0, 0.1) is 12.1 Å². The lowest BCUT2D eigenvalue weighted by Gasteiger charge is -1.80. The van der Waals surface area contributed by atoms with Gasteiger partial charge in [-0.2, -0.15) is 10.4 Å². The second-order valence-corrected chi connectivity index (χ2v) is 2.00. The Balaban J connectivity index is 2.95. The van der Waals surface area contributed by atoms with Crippen molar-refractivity contribution in [3.8, 4) is 12.1 Å². The molecule has 0 fully saturated rings. The van der Waals surface area contributed by atoms with Crippen molar-refractivity contribution in [1.82, 2.24) is 0 Å². The lowest BCUT2D eigenvalue weighted by Crippen LogP contribution is -1.75. The van der Waals surface area contributed by atoms with Crippen molar-refractivity contribution in [2.24, 2.45) is 0 Å². The number of hydrogen-bond donors (Lipinski definition) is 2. The van der Waals surface area contributed by atoms with Gasteiger partial charge in [0.25, 0.3) is 0 Å². The molecule has 0 heterocycles. The molecule has 0 unspecified atom stereocenters. The van der Waals surface area contributed by atoms with Gasteiger partial charge in [-0.25, -0.2) is 0 Å². The fraction of sp³-hybridized carbons (Fsp3) is 0. The third kappa shape index (κ3) is 1.89. The third-order valence-electron chi connectivity index (χ3n) is 1.24. The summed E-state index contributed by atoms with van der Waals surface area (Å²) in [5.74, 6) is 0. The molecular formula is C8H6N2O2+2. The van der Waals surface area contributed by atoms with Crippen LogP contribution < -0.4 is 0 Å². The van der Waals surface area contributed by atoms with Crippen molar-refractivity contribution in [1.29, 1.82) is 0 Å². The maximum absolute atomic E-state index is 8.13. The number of benzene rings is 1. The molecule has 58 valence electrons. The van der Waals surface area contributed by atoms with Crippen LogP contribution in [0.2, 0.25) is 0 Å². The summed E-state index contributed by atoms with van der Waals surface area (Å²) in [7, 11) is 0. The molecule has 4 heteroatoms. The molecule has 0 saturated heterocycles. The average molecular weight is 162 g/mol. The van der Waals surface area contributed by atoms with E-state index in [1.807, 2.05) is 0 Å². The van der Waals surface area contributed by atoms with Gasteiger partial charge in [0, 0.05) is 0 Å². The highest BCUT2D eigenvalue weighted by molar-refractivity contribution is 5.38. The van der Waals surface area contributed by atoms with Crippen LogP contribution in [-0.4, -0.2) is 10.4 Å². The Morgan fingerprint density at radius 2 is 1.17 bits per heavy atom. The Morgan fingerprint density at radius 3 is 1.42 bits per heavy atom. The molecule has 0 spiro atoms. The normalized spacial score (nSPS) is 7.33. The summed E-state index contributed by atoms with van der Waals surface area (Å²) in [6.07, 6.45) is 0. The van der Waals surface area contributed by atoms with E-state index in [9.17, 15) is 0 Å². The minimum atomic E-state index is 0.640. The van der Waals surface area contributed by atoms with Crippen LogP contribution in [0.5, 0.6) is 0 Å². The van der Waals surface area contributed by atoms with Gasteiger partial charge < -0.3 is 0 Å². The Hall–Kier alpha value is -2.20. The molecule has 2 N–H and O–H groups in total. The van der Waals surface area contributed by atoms with Crippen molar-refractivity contribution in [3.05, 3.63) is 45.4 Å². The number of hydrogen-bond acceptors (Lipinski definition) is 2. The van der Waals surface area contributed by atoms with E-state index >= 15 is 0 Å². The molecule has 0 aliphatic heterocycles. The summed E-state index contributed by atoms with van der Waals surface area (Å²) < 4.78 is 0. The van der Waals surface area contributed by atoms with Crippen LogP contribution >= 0.6 is 0 Å². The summed E-state index contributed by atoms with van der Waals surface area (Å²) in [5.41, 5.74) is 1.28. The number of nitrogens with zero attached hydrogens (tertiary/aromatic N) is 2. The van der Waals surface area contributed by atoms with E-state index in [2.05, 4.69) is 22.2 Å². The predicted molar refractivity (Wildman–Crippen MR) is 42.7 cm³/mol. The Labute approximate surface area is 68.9 Å². The van der Waals surface area contributed by atoms with Crippen LogP contribution in [0.4, 0.5) is 0 Å². The van der Waals surface area contributed by atoms with Crippen LogP contribution in [0.25, 0.3) is 10.0 Å². The Bertz CT molecular complexity index is 336. The van der Waals surface area contributed by atoms with Crippen molar-refractivity contribution >= 4 is 0 Å². The first-order valence-corrected chi connectivity index (χ1v) is 3.17. The monoisotopic (exact) mass is 162 g/mol. The van der Waals surface area contributed by atoms with E-state index in [1.165, 1.54) is 0 Å². The third-order valence-corrected chi connectivity index (χ3v) is 1.24. The first-order valence-electron chi connectivity index (χ1n) is 3.17. The molecule has 0 bridgehead atoms. The number of rotatable bonds is 0. The van der Waals surface area contributed by atoms with E-state index < -0.39 is 0 Å². The van der Waals surface area contributed by atoms with E-state index in [1.54, 1.807) is 24.3 Å². The van der Waals surface area contributed by atoms with Gasteiger partial charge in [0.1, 0.15) is 11.1 Å². The molecule has 4 nitrogen and oxygen atoms in total. The van der Waals surface area contributed by atoms with Gasteiger partial charge in [0.2, 0.25) is 10.0 Å². The topological polar surface area (TPSA) is 49.2 Å². The SMILES string of the molecule is O[N+]#Cc1ccc(C#[N+]O)cc1. The largest absolute Gasteiger partial charge is 0.388 e. The fourth-order valence-electron chi connectivity index (χ4n) is 0.735. The van der Waals surface area contributed by atoms with E-state index in [4.69, 9.17) is 10.4 Å². The fourth-order valence-corrected chi connectivity index (χ4v) is 0.735. The quantitative estimate of drug-likeness (QED) is 0.571. The minimum absolute atomic E-state index is 0.640. The predicted octanol–water partition coefficient (Wildman–Crippen LogP) is 1.83. The molecule has 0 aliphatic rings. The van der Waals surface area contributed by atoms with Crippen LogP contribution in [0.1, 0.15) is 11.1 Å². The summed E-state index contributed by atoms with van der Waals surface area (Å²) >= 11 is 0. The van der Waals surface area contributed by atoms with Crippen molar-refractivity contribution in [2.75, 3.05) is 0 Å². The van der Waals surface area contributed by atoms with Gasteiger partial charge in [-0.05, 0) is 24.3 Å². The molecule has 0 aliphatic carbocycles. The first-order chi connectivity index (χ1) is 5.86. The van der Waals surface area contributed by atoms with Gasteiger partial charge in [-0.3, -0.25) is 0 Å². The standard InChI is InChI=1S/C8H4N2O2/c11-9-5-7-1-2-8(4-3-7)6-10-12/h1-4H/p+2. The van der Waals surface area contributed by atoms with Gasteiger partial charge >= 0.3 is 12.1 Å². The van der Waals surface area contributed by atoms with E-state index in [-0.39, 0.29) is 0 Å². The maximum atomic E-state index is 8.13. The Morgan fingerprint density at radius 1 is 0.833 bits per heavy atom. The second-order valence-electron chi connectivity index (χ2n) is 2.00. The lowest BCUT2D eigenvalue weighted by atomic mass is 10.2. The van der Waals surface area contributed by atoms with E-state index in [0.29, 0.717) is 11.1 Å². The van der Waals surface area contributed by atoms with Crippen LogP contribution in [0.15, 0.2) is 24.3 Å². The van der Waals surface area contributed by atoms with Crippen molar-refractivity contribution in [3.63, 3.8) is 0 Å². The van der Waals surface area contributed by atoms with E-state index in [0.717, 1.165) is 0 Å². The highest BCUT2D eigenvalue weighted by atomic mass is 16.4. The van der Waals surface area contributed by atoms with Gasteiger partial charge in [0.15, 0.2) is 0 Å². The summed E-state index contributed by atoms with van der Waals surface area (Å²) in [6.45, 7) is 0. The molecule has 0 saturated carbocycles. The lowest BCUT2D eigenvalue weighted by molar-refractivity contribution is 0.464. The van der Waals surface area contributed by atoms with Gasteiger partial charge in [-0.15, -0.1) is 0 Å². The smallest absolute Gasteiger partial charge is 0.177 e. The van der Waals surface area contributed by atoms with Crippen molar-refractivity contribution in [2.45, 2.75) is 0 Å². The molecule has 0 atom stereocenters. The second kappa shape index (κ2) is 3.85. The van der Waals surface area contributed by atoms with Gasteiger partial charge in [0.05, 0.1) is 0 Å².